The standard InChI is InChI=1S/C22H26N4O.HI/c1-2-23-22(25-15-8-16-27-20-12-4-3-5-13-20)26-17-19-10-6-9-18-11-7-14-24-21(18)19;/h3-7,9-14H,2,8,15-17H2,1H3,(H2,23,25,26);1H. The van der Waals surface area contributed by atoms with Crippen LogP contribution in [0.25, 0.3) is 10.9 Å². The Balaban J connectivity index is 0.00000280. The highest BCUT2D eigenvalue weighted by molar-refractivity contribution is 14.0. The summed E-state index contributed by atoms with van der Waals surface area (Å²) in [5.74, 6) is 1.71. The summed E-state index contributed by atoms with van der Waals surface area (Å²) in [5, 5.41) is 7.79. The molecule has 0 saturated carbocycles. The summed E-state index contributed by atoms with van der Waals surface area (Å²) in [5.41, 5.74) is 2.13. The highest BCUT2D eigenvalue weighted by atomic mass is 127. The highest BCUT2D eigenvalue weighted by Crippen LogP contribution is 2.16. The van der Waals surface area contributed by atoms with Crippen molar-refractivity contribution in [3.63, 3.8) is 0 Å². The summed E-state index contributed by atoms with van der Waals surface area (Å²) in [6, 6.07) is 20.1. The lowest BCUT2D eigenvalue weighted by Crippen LogP contribution is -2.38. The molecule has 0 aliphatic carbocycles. The first kappa shape index (κ1) is 21.9. The molecule has 0 unspecified atom stereocenters. The minimum Gasteiger partial charge on any atom is -0.494 e. The fourth-order valence-corrected chi connectivity index (χ4v) is 2.79. The molecule has 5 nitrogen and oxygen atoms in total. The zero-order valence-corrected chi connectivity index (χ0v) is 18.4. The van der Waals surface area contributed by atoms with Gasteiger partial charge in [-0.1, -0.05) is 42.5 Å². The van der Waals surface area contributed by atoms with Crippen molar-refractivity contribution in [3.8, 4) is 5.75 Å². The molecule has 0 saturated heterocycles. The van der Waals surface area contributed by atoms with E-state index < -0.39 is 0 Å². The third-order valence-corrected chi connectivity index (χ3v) is 4.09. The number of para-hydroxylation sites is 2. The Labute approximate surface area is 183 Å². The summed E-state index contributed by atoms with van der Waals surface area (Å²) in [6.07, 6.45) is 2.72. The van der Waals surface area contributed by atoms with Gasteiger partial charge in [-0.05, 0) is 37.1 Å². The SMILES string of the molecule is CCNC(=NCc1cccc2cccnc12)NCCCOc1ccccc1.I. The number of nitrogens with one attached hydrogen (secondary N) is 2. The third kappa shape index (κ3) is 6.67. The number of guanidine groups is 1. The van der Waals surface area contributed by atoms with E-state index in [4.69, 9.17) is 9.73 Å². The van der Waals surface area contributed by atoms with Crippen LogP contribution < -0.4 is 15.4 Å². The predicted molar refractivity (Wildman–Crippen MR) is 127 cm³/mol. The van der Waals surface area contributed by atoms with Gasteiger partial charge < -0.3 is 15.4 Å². The molecule has 0 radical (unpaired) electrons. The van der Waals surface area contributed by atoms with E-state index in [1.165, 1.54) is 0 Å². The Kier molecular flexibility index (Phi) is 9.54. The van der Waals surface area contributed by atoms with Crippen LogP contribution in [0.3, 0.4) is 0 Å². The number of pyridine rings is 1. The molecule has 0 fully saturated rings. The summed E-state index contributed by atoms with van der Waals surface area (Å²) in [6.45, 7) is 4.94. The molecular formula is C22H27IN4O. The Morgan fingerprint density at radius 1 is 1.00 bits per heavy atom. The van der Waals surface area contributed by atoms with Gasteiger partial charge in [-0.25, -0.2) is 4.99 Å². The zero-order valence-electron chi connectivity index (χ0n) is 16.1. The van der Waals surface area contributed by atoms with E-state index in [-0.39, 0.29) is 24.0 Å². The lowest BCUT2D eigenvalue weighted by molar-refractivity contribution is 0.311. The minimum absolute atomic E-state index is 0. The molecule has 6 heteroatoms. The van der Waals surface area contributed by atoms with Crippen LogP contribution in [0.4, 0.5) is 0 Å². The average molecular weight is 490 g/mol. The number of aliphatic imine (C=N–C) groups is 1. The number of hydrogen-bond donors (Lipinski definition) is 2. The van der Waals surface area contributed by atoms with Gasteiger partial charge in [0.05, 0.1) is 18.7 Å². The first-order chi connectivity index (χ1) is 13.4. The molecule has 0 bridgehead atoms. The van der Waals surface area contributed by atoms with Crippen LogP contribution in [0.1, 0.15) is 18.9 Å². The van der Waals surface area contributed by atoms with Crippen LogP contribution in [0.15, 0.2) is 71.9 Å². The maximum Gasteiger partial charge on any atom is 0.191 e. The van der Waals surface area contributed by atoms with Crippen molar-refractivity contribution >= 4 is 40.8 Å². The second kappa shape index (κ2) is 12.2. The van der Waals surface area contributed by atoms with Gasteiger partial charge in [-0.2, -0.15) is 0 Å². The Morgan fingerprint density at radius 2 is 1.82 bits per heavy atom. The fraction of sp³-hybridized carbons (Fsp3) is 0.273. The van der Waals surface area contributed by atoms with Gasteiger partial charge in [0.2, 0.25) is 0 Å². The molecule has 2 N–H and O–H groups in total. The van der Waals surface area contributed by atoms with E-state index >= 15 is 0 Å². The monoisotopic (exact) mass is 490 g/mol. The smallest absolute Gasteiger partial charge is 0.191 e. The zero-order chi connectivity index (χ0) is 18.7. The summed E-state index contributed by atoms with van der Waals surface area (Å²) >= 11 is 0. The first-order valence-corrected chi connectivity index (χ1v) is 9.39. The van der Waals surface area contributed by atoms with Gasteiger partial charge in [0, 0.05) is 24.7 Å². The van der Waals surface area contributed by atoms with Gasteiger partial charge in [0.15, 0.2) is 5.96 Å². The van der Waals surface area contributed by atoms with E-state index in [2.05, 4.69) is 46.8 Å². The van der Waals surface area contributed by atoms with Crippen LogP contribution in [0.5, 0.6) is 5.75 Å². The molecule has 28 heavy (non-hydrogen) atoms. The van der Waals surface area contributed by atoms with E-state index in [1.807, 2.05) is 42.6 Å². The maximum absolute atomic E-state index is 5.72. The molecule has 0 atom stereocenters. The Bertz CT molecular complexity index is 865. The molecule has 148 valence electrons. The largest absolute Gasteiger partial charge is 0.494 e. The number of benzene rings is 2. The number of fused-ring (bicyclic) bond motifs is 1. The summed E-state index contributed by atoms with van der Waals surface area (Å²) in [4.78, 5) is 9.20. The molecule has 0 amide bonds. The van der Waals surface area contributed by atoms with Crippen LogP contribution in [-0.2, 0) is 6.54 Å². The number of aromatic nitrogens is 1. The number of nitrogens with zero attached hydrogens (tertiary/aromatic N) is 2. The van der Waals surface area contributed by atoms with Crippen LogP contribution in [-0.4, -0.2) is 30.6 Å². The molecule has 0 spiro atoms. The van der Waals surface area contributed by atoms with E-state index in [0.29, 0.717) is 13.2 Å². The molecular weight excluding hydrogens is 463 g/mol. The first-order valence-electron chi connectivity index (χ1n) is 9.39. The topological polar surface area (TPSA) is 58.5 Å². The number of halogens is 1. The summed E-state index contributed by atoms with van der Waals surface area (Å²) < 4.78 is 5.72. The minimum atomic E-state index is 0. The molecule has 0 aliphatic heterocycles. The lowest BCUT2D eigenvalue weighted by Gasteiger charge is -2.12. The van der Waals surface area contributed by atoms with Crippen molar-refractivity contribution in [1.82, 2.24) is 15.6 Å². The van der Waals surface area contributed by atoms with Gasteiger partial charge >= 0.3 is 0 Å². The predicted octanol–water partition coefficient (Wildman–Crippen LogP) is 4.38. The van der Waals surface area contributed by atoms with Gasteiger partial charge in [-0.15, -0.1) is 24.0 Å². The van der Waals surface area contributed by atoms with Crippen molar-refractivity contribution in [2.75, 3.05) is 19.7 Å². The van der Waals surface area contributed by atoms with E-state index in [1.54, 1.807) is 0 Å². The second-order valence-electron chi connectivity index (χ2n) is 6.13. The van der Waals surface area contributed by atoms with Crippen molar-refractivity contribution in [1.29, 1.82) is 0 Å². The molecule has 1 aromatic heterocycles. The average Bonchev–Trinajstić information content (AvgIpc) is 2.72. The number of ether oxygens (including phenoxy) is 1. The van der Waals surface area contributed by atoms with Crippen LogP contribution in [0.2, 0.25) is 0 Å². The van der Waals surface area contributed by atoms with Crippen LogP contribution >= 0.6 is 24.0 Å². The molecule has 2 aromatic carbocycles. The number of hydrogen-bond acceptors (Lipinski definition) is 3. The lowest BCUT2D eigenvalue weighted by atomic mass is 10.1. The second-order valence-corrected chi connectivity index (χ2v) is 6.13. The highest BCUT2D eigenvalue weighted by Gasteiger charge is 2.02. The van der Waals surface area contributed by atoms with Gasteiger partial charge in [-0.3, -0.25) is 4.98 Å². The summed E-state index contributed by atoms with van der Waals surface area (Å²) in [7, 11) is 0. The van der Waals surface area contributed by atoms with Gasteiger partial charge in [0.1, 0.15) is 5.75 Å². The molecule has 3 aromatic rings. The fourth-order valence-electron chi connectivity index (χ4n) is 2.79. The van der Waals surface area contributed by atoms with Gasteiger partial charge in [0.25, 0.3) is 0 Å². The molecule has 3 rings (SSSR count). The Hall–Kier alpha value is -2.35. The van der Waals surface area contributed by atoms with E-state index in [0.717, 1.165) is 47.7 Å². The van der Waals surface area contributed by atoms with Crippen molar-refractivity contribution < 1.29 is 4.74 Å². The third-order valence-electron chi connectivity index (χ3n) is 4.09. The van der Waals surface area contributed by atoms with Crippen LogP contribution in [0, 0.1) is 0 Å². The quantitative estimate of drug-likeness (QED) is 0.213. The normalized spacial score (nSPS) is 11.0. The van der Waals surface area contributed by atoms with Crippen molar-refractivity contribution in [2.24, 2.45) is 4.99 Å². The Morgan fingerprint density at radius 3 is 2.64 bits per heavy atom. The molecule has 1 heterocycles. The maximum atomic E-state index is 5.72. The van der Waals surface area contributed by atoms with E-state index in [9.17, 15) is 0 Å². The number of rotatable bonds is 8. The van der Waals surface area contributed by atoms with Crippen molar-refractivity contribution in [3.05, 3.63) is 72.4 Å². The van der Waals surface area contributed by atoms with Crippen molar-refractivity contribution in [2.45, 2.75) is 19.9 Å². The molecule has 0 aliphatic rings.